The fourth-order valence-electron chi connectivity index (χ4n) is 2.77. The Kier molecular flexibility index (Phi) is 4.35. The molecule has 1 aliphatic rings. The molecule has 1 aliphatic heterocycles. The summed E-state index contributed by atoms with van der Waals surface area (Å²) in [6, 6.07) is 5.40. The SMILES string of the molecule is CN(C)S(=O)(=O)c1ccc(CN2CCCc3cc(F)c(F)cc32)o1. The van der Waals surface area contributed by atoms with Crippen LogP contribution in [-0.2, 0) is 23.0 Å². The van der Waals surface area contributed by atoms with Crippen molar-refractivity contribution in [1.82, 2.24) is 4.31 Å². The molecule has 2 aromatic rings. The lowest BCUT2D eigenvalue weighted by atomic mass is 10.0. The maximum Gasteiger partial charge on any atom is 0.275 e. The molecule has 0 fully saturated rings. The average molecular weight is 356 g/mol. The number of anilines is 1. The Balaban J connectivity index is 1.87. The Labute approximate surface area is 139 Å². The van der Waals surface area contributed by atoms with Crippen molar-refractivity contribution in [3.63, 3.8) is 0 Å². The summed E-state index contributed by atoms with van der Waals surface area (Å²) in [4.78, 5) is 1.87. The first-order chi connectivity index (χ1) is 11.3. The number of nitrogens with zero attached hydrogens (tertiary/aromatic N) is 2. The van der Waals surface area contributed by atoms with E-state index < -0.39 is 21.7 Å². The van der Waals surface area contributed by atoms with E-state index >= 15 is 0 Å². The number of aryl methyl sites for hydroxylation is 1. The van der Waals surface area contributed by atoms with Crippen molar-refractivity contribution < 1.29 is 21.6 Å². The highest BCUT2D eigenvalue weighted by molar-refractivity contribution is 7.88. The zero-order valence-electron chi connectivity index (χ0n) is 13.4. The van der Waals surface area contributed by atoms with E-state index in [1.54, 1.807) is 6.07 Å². The van der Waals surface area contributed by atoms with Crippen LogP contribution >= 0.6 is 0 Å². The van der Waals surface area contributed by atoms with Gasteiger partial charge < -0.3 is 9.32 Å². The second kappa shape index (κ2) is 6.18. The molecule has 1 aromatic heterocycles. The molecule has 24 heavy (non-hydrogen) atoms. The molecule has 3 rings (SSSR count). The molecule has 0 saturated heterocycles. The number of furan rings is 1. The maximum absolute atomic E-state index is 13.6. The van der Waals surface area contributed by atoms with Crippen LogP contribution in [0.1, 0.15) is 17.7 Å². The predicted octanol–water partition coefficient (Wildman–Crippen LogP) is 2.76. The van der Waals surface area contributed by atoms with Crippen LogP contribution in [0.2, 0.25) is 0 Å². The maximum atomic E-state index is 13.6. The molecule has 8 heteroatoms. The van der Waals surface area contributed by atoms with Crippen LogP contribution in [0.5, 0.6) is 0 Å². The summed E-state index contributed by atoms with van der Waals surface area (Å²) in [6.07, 6.45) is 1.49. The predicted molar refractivity (Wildman–Crippen MR) is 85.3 cm³/mol. The summed E-state index contributed by atoms with van der Waals surface area (Å²) >= 11 is 0. The van der Waals surface area contributed by atoms with Crippen LogP contribution in [0.15, 0.2) is 33.8 Å². The highest BCUT2D eigenvalue weighted by Crippen LogP contribution is 2.31. The van der Waals surface area contributed by atoms with Crippen molar-refractivity contribution >= 4 is 15.7 Å². The molecule has 0 amide bonds. The van der Waals surface area contributed by atoms with E-state index in [1.807, 2.05) is 4.90 Å². The third kappa shape index (κ3) is 3.03. The number of fused-ring (bicyclic) bond motifs is 1. The Morgan fingerprint density at radius 1 is 1.21 bits per heavy atom. The lowest BCUT2D eigenvalue weighted by Crippen LogP contribution is -2.29. The summed E-state index contributed by atoms with van der Waals surface area (Å²) in [5, 5.41) is -0.134. The summed E-state index contributed by atoms with van der Waals surface area (Å²) in [5.41, 5.74) is 1.36. The molecule has 5 nitrogen and oxygen atoms in total. The second-order valence-electron chi connectivity index (χ2n) is 5.93. The molecule has 130 valence electrons. The van der Waals surface area contributed by atoms with Crippen molar-refractivity contribution in [3.05, 3.63) is 47.2 Å². The van der Waals surface area contributed by atoms with Crippen molar-refractivity contribution in [2.75, 3.05) is 25.5 Å². The zero-order chi connectivity index (χ0) is 17.5. The van der Waals surface area contributed by atoms with Gasteiger partial charge in [-0.2, -0.15) is 0 Å². The van der Waals surface area contributed by atoms with E-state index in [9.17, 15) is 17.2 Å². The summed E-state index contributed by atoms with van der Waals surface area (Å²) in [5.74, 6) is -1.29. The Morgan fingerprint density at radius 3 is 2.62 bits per heavy atom. The number of hydrogen-bond acceptors (Lipinski definition) is 4. The molecule has 0 unspecified atom stereocenters. The number of halogens is 2. The Hall–Kier alpha value is -1.93. The number of benzene rings is 1. The lowest BCUT2D eigenvalue weighted by Gasteiger charge is -2.30. The minimum absolute atomic E-state index is 0.134. The summed E-state index contributed by atoms with van der Waals surface area (Å²) < 4.78 is 57.6. The van der Waals surface area contributed by atoms with E-state index in [2.05, 4.69) is 0 Å². The zero-order valence-corrected chi connectivity index (χ0v) is 14.2. The van der Waals surface area contributed by atoms with E-state index in [-0.39, 0.29) is 5.09 Å². The molecule has 0 aliphatic carbocycles. The van der Waals surface area contributed by atoms with E-state index in [0.717, 1.165) is 16.3 Å². The molecular weight excluding hydrogens is 338 g/mol. The monoisotopic (exact) mass is 356 g/mol. The highest BCUT2D eigenvalue weighted by atomic mass is 32.2. The molecule has 0 bridgehead atoms. The number of sulfonamides is 1. The molecule has 0 atom stereocenters. The van der Waals surface area contributed by atoms with Gasteiger partial charge in [0.2, 0.25) is 5.09 Å². The summed E-state index contributed by atoms with van der Waals surface area (Å²) in [6.45, 7) is 0.954. The van der Waals surface area contributed by atoms with Crippen molar-refractivity contribution in [3.8, 4) is 0 Å². The van der Waals surface area contributed by atoms with Gasteiger partial charge in [-0.3, -0.25) is 0 Å². The quantitative estimate of drug-likeness (QED) is 0.845. The van der Waals surface area contributed by atoms with Gasteiger partial charge in [-0.05, 0) is 36.6 Å². The fourth-order valence-corrected chi connectivity index (χ4v) is 3.58. The third-order valence-corrected chi connectivity index (χ3v) is 5.74. The van der Waals surface area contributed by atoms with Crippen LogP contribution in [0.3, 0.4) is 0 Å². The van der Waals surface area contributed by atoms with Gasteiger partial charge in [-0.15, -0.1) is 0 Å². The first-order valence-electron chi connectivity index (χ1n) is 7.53. The lowest BCUT2D eigenvalue weighted by molar-refractivity contribution is 0.395. The fraction of sp³-hybridized carbons (Fsp3) is 0.375. The van der Waals surface area contributed by atoms with Gasteiger partial charge in [0.05, 0.1) is 6.54 Å². The average Bonchev–Trinajstić information content (AvgIpc) is 2.98. The minimum atomic E-state index is -3.63. The third-order valence-electron chi connectivity index (χ3n) is 4.06. The Morgan fingerprint density at radius 2 is 1.92 bits per heavy atom. The van der Waals surface area contributed by atoms with Crippen LogP contribution in [0, 0.1) is 11.6 Å². The smallest absolute Gasteiger partial charge is 0.275 e. The molecule has 0 N–H and O–H groups in total. The van der Waals surface area contributed by atoms with Gasteiger partial charge in [0.1, 0.15) is 5.76 Å². The van der Waals surface area contributed by atoms with Crippen LogP contribution < -0.4 is 4.90 Å². The molecule has 0 spiro atoms. The first kappa shape index (κ1) is 16.9. The van der Waals surface area contributed by atoms with Crippen molar-refractivity contribution in [1.29, 1.82) is 0 Å². The van der Waals surface area contributed by atoms with E-state index in [0.29, 0.717) is 31.0 Å². The second-order valence-corrected chi connectivity index (χ2v) is 8.01. The topological polar surface area (TPSA) is 53.8 Å². The molecule has 1 aromatic carbocycles. The first-order valence-corrected chi connectivity index (χ1v) is 8.97. The molecule has 0 radical (unpaired) electrons. The van der Waals surface area contributed by atoms with E-state index in [4.69, 9.17) is 4.42 Å². The normalized spacial score (nSPS) is 15.0. The molecule has 0 saturated carbocycles. The van der Waals surface area contributed by atoms with Gasteiger partial charge in [0.15, 0.2) is 11.6 Å². The van der Waals surface area contributed by atoms with Crippen LogP contribution in [0.25, 0.3) is 0 Å². The summed E-state index contributed by atoms with van der Waals surface area (Å²) in [7, 11) is -0.779. The van der Waals surface area contributed by atoms with Crippen LogP contribution in [0.4, 0.5) is 14.5 Å². The standard InChI is InChI=1S/C16H18F2N2O3S/c1-19(2)24(21,22)16-6-5-12(23-16)10-20-7-3-4-11-8-13(17)14(18)9-15(11)20/h5-6,8-9H,3-4,7,10H2,1-2H3. The van der Waals surface area contributed by atoms with Crippen molar-refractivity contribution in [2.45, 2.75) is 24.5 Å². The van der Waals surface area contributed by atoms with Crippen molar-refractivity contribution in [2.24, 2.45) is 0 Å². The Bertz CT molecular complexity index is 862. The van der Waals surface area contributed by atoms with Gasteiger partial charge in [0, 0.05) is 32.4 Å². The highest BCUT2D eigenvalue weighted by Gasteiger charge is 2.24. The van der Waals surface area contributed by atoms with Crippen LogP contribution in [-0.4, -0.2) is 33.4 Å². The number of hydrogen-bond donors (Lipinski definition) is 0. The van der Waals surface area contributed by atoms with Gasteiger partial charge in [0.25, 0.3) is 10.0 Å². The van der Waals surface area contributed by atoms with Gasteiger partial charge >= 0.3 is 0 Å². The largest absolute Gasteiger partial charge is 0.446 e. The molecular formula is C16H18F2N2O3S. The van der Waals surface area contributed by atoms with Gasteiger partial charge in [-0.1, -0.05) is 0 Å². The van der Waals surface area contributed by atoms with Gasteiger partial charge in [-0.25, -0.2) is 21.5 Å². The number of rotatable bonds is 4. The minimum Gasteiger partial charge on any atom is -0.446 e. The molecule has 2 heterocycles. The van der Waals surface area contributed by atoms with E-state index in [1.165, 1.54) is 32.3 Å².